The fourth-order valence-electron chi connectivity index (χ4n) is 1.29. The number of hydrogen-bond donors (Lipinski definition) is 1. The van der Waals surface area contributed by atoms with E-state index in [0.29, 0.717) is 6.54 Å². The number of hydrogen-bond acceptors (Lipinski definition) is 3. The van der Waals surface area contributed by atoms with Crippen LogP contribution >= 0.6 is 11.3 Å². The number of likely N-dealkylation sites (N-methyl/N-ethyl adjacent to an activating group) is 1. The van der Waals surface area contributed by atoms with Gasteiger partial charge in [-0.2, -0.15) is 0 Å². The second-order valence-corrected chi connectivity index (χ2v) is 5.69. The molecule has 0 aromatic carbocycles. The molecule has 3 nitrogen and oxygen atoms in total. The van der Waals surface area contributed by atoms with Gasteiger partial charge in [-0.05, 0) is 39.4 Å². The Morgan fingerprint density at radius 1 is 1.44 bits per heavy atom. The summed E-state index contributed by atoms with van der Waals surface area (Å²) < 4.78 is 0. The molecule has 0 aliphatic rings. The number of nitrogens with zero attached hydrogens (tertiary/aromatic N) is 1. The fraction of sp³-hybridized carbons (Fsp3) is 0.583. The molecule has 1 N–H and O–H groups in total. The van der Waals surface area contributed by atoms with Gasteiger partial charge in [0, 0.05) is 16.3 Å². The second kappa shape index (κ2) is 4.97. The van der Waals surface area contributed by atoms with Crippen LogP contribution in [0.1, 0.15) is 30.5 Å². The van der Waals surface area contributed by atoms with Crippen LogP contribution in [0.5, 0.6) is 0 Å². The van der Waals surface area contributed by atoms with Crippen LogP contribution in [0.3, 0.4) is 0 Å². The van der Waals surface area contributed by atoms with E-state index in [1.54, 1.807) is 25.2 Å². The third kappa shape index (κ3) is 2.83. The van der Waals surface area contributed by atoms with Gasteiger partial charge in [-0.3, -0.25) is 9.69 Å². The van der Waals surface area contributed by atoms with Gasteiger partial charge in [0.2, 0.25) is 0 Å². The zero-order valence-electron chi connectivity index (χ0n) is 10.3. The topological polar surface area (TPSA) is 40.5 Å². The van der Waals surface area contributed by atoms with Crippen molar-refractivity contribution in [2.24, 2.45) is 0 Å². The molecule has 0 saturated heterocycles. The maximum absolute atomic E-state index is 11.1. The number of aliphatic carboxylic acids is 1. The number of carboxylic acids is 1. The lowest BCUT2D eigenvalue weighted by Gasteiger charge is -2.30. The fourth-order valence-corrected chi connectivity index (χ4v) is 2.30. The first kappa shape index (κ1) is 13.2. The largest absolute Gasteiger partial charge is 0.480 e. The summed E-state index contributed by atoms with van der Waals surface area (Å²) in [4.78, 5) is 15.5. The molecule has 0 saturated carbocycles. The van der Waals surface area contributed by atoms with Crippen molar-refractivity contribution in [1.29, 1.82) is 0 Å². The smallest absolute Gasteiger partial charge is 0.323 e. The number of carbonyl (C=O) groups is 1. The number of carboxylic acid groups (broad SMARTS) is 1. The number of rotatable bonds is 5. The van der Waals surface area contributed by atoms with E-state index >= 15 is 0 Å². The molecule has 1 aromatic rings. The van der Waals surface area contributed by atoms with Gasteiger partial charge in [-0.25, -0.2) is 0 Å². The van der Waals surface area contributed by atoms with Crippen molar-refractivity contribution in [2.75, 3.05) is 7.05 Å². The summed E-state index contributed by atoms with van der Waals surface area (Å²) in [6.07, 6.45) is 1.04. The van der Waals surface area contributed by atoms with Crippen molar-refractivity contribution in [3.05, 3.63) is 21.9 Å². The summed E-state index contributed by atoms with van der Waals surface area (Å²) in [5, 5.41) is 9.10. The van der Waals surface area contributed by atoms with Crippen molar-refractivity contribution >= 4 is 17.3 Å². The van der Waals surface area contributed by atoms with Gasteiger partial charge in [-0.15, -0.1) is 11.3 Å². The maximum atomic E-state index is 11.1. The van der Waals surface area contributed by atoms with Crippen molar-refractivity contribution in [3.63, 3.8) is 0 Å². The molecule has 1 aromatic heterocycles. The Morgan fingerprint density at radius 3 is 2.44 bits per heavy atom. The molecule has 0 amide bonds. The van der Waals surface area contributed by atoms with Gasteiger partial charge < -0.3 is 5.11 Å². The van der Waals surface area contributed by atoms with Crippen LogP contribution in [-0.4, -0.2) is 28.6 Å². The highest BCUT2D eigenvalue weighted by Gasteiger charge is 2.31. The Labute approximate surface area is 101 Å². The lowest BCUT2D eigenvalue weighted by molar-refractivity contribution is -0.148. The van der Waals surface area contributed by atoms with Crippen LogP contribution < -0.4 is 0 Å². The van der Waals surface area contributed by atoms with E-state index in [0.717, 1.165) is 6.42 Å². The highest BCUT2D eigenvalue weighted by Crippen LogP contribution is 2.22. The molecule has 90 valence electrons. The van der Waals surface area contributed by atoms with Crippen LogP contribution in [0, 0.1) is 0 Å². The Hall–Kier alpha value is -0.870. The highest BCUT2D eigenvalue weighted by molar-refractivity contribution is 7.11. The summed E-state index contributed by atoms with van der Waals surface area (Å²) in [7, 11) is 1.85. The Kier molecular flexibility index (Phi) is 4.10. The van der Waals surface area contributed by atoms with Crippen LogP contribution in [0.25, 0.3) is 0 Å². The van der Waals surface area contributed by atoms with E-state index in [1.165, 1.54) is 9.75 Å². The second-order valence-electron chi connectivity index (χ2n) is 4.44. The van der Waals surface area contributed by atoms with Crippen molar-refractivity contribution in [3.8, 4) is 0 Å². The first-order valence-corrected chi connectivity index (χ1v) is 6.21. The lowest BCUT2D eigenvalue weighted by Crippen LogP contribution is -2.47. The minimum atomic E-state index is -0.823. The van der Waals surface area contributed by atoms with Crippen LogP contribution in [0.2, 0.25) is 0 Å². The lowest BCUT2D eigenvalue weighted by atomic mass is 10.0. The standard InChI is InChI=1S/C12H19NO2S/c1-5-9-6-7-10(16-9)8-13(4)12(2,3)11(14)15/h6-7H,5,8H2,1-4H3,(H,14,15). The summed E-state index contributed by atoms with van der Waals surface area (Å²) in [5.41, 5.74) is -0.823. The minimum Gasteiger partial charge on any atom is -0.480 e. The van der Waals surface area contributed by atoms with E-state index in [9.17, 15) is 4.79 Å². The van der Waals surface area contributed by atoms with Crippen molar-refractivity contribution in [1.82, 2.24) is 4.90 Å². The molecule has 0 fully saturated rings. The molecule has 4 heteroatoms. The minimum absolute atomic E-state index is 0.684. The first-order chi connectivity index (χ1) is 7.37. The Bertz CT molecular complexity index is 371. The molecular formula is C12H19NO2S. The molecule has 1 rings (SSSR count). The predicted molar refractivity (Wildman–Crippen MR) is 66.9 cm³/mol. The Morgan fingerprint density at radius 2 is 2.00 bits per heavy atom. The Balaban J connectivity index is 2.70. The molecular weight excluding hydrogens is 222 g/mol. The summed E-state index contributed by atoms with van der Waals surface area (Å²) in [6, 6.07) is 4.19. The quantitative estimate of drug-likeness (QED) is 0.861. The third-order valence-electron chi connectivity index (χ3n) is 2.94. The summed E-state index contributed by atoms with van der Waals surface area (Å²) >= 11 is 1.75. The molecule has 0 spiro atoms. The van der Waals surface area contributed by atoms with Gasteiger partial charge in [0.1, 0.15) is 5.54 Å². The van der Waals surface area contributed by atoms with E-state index in [1.807, 2.05) is 11.9 Å². The summed E-state index contributed by atoms with van der Waals surface area (Å²) in [6.45, 7) is 6.26. The van der Waals surface area contributed by atoms with Crippen LogP contribution in [0.4, 0.5) is 0 Å². The molecule has 0 aliphatic heterocycles. The van der Waals surface area contributed by atoms with Gasteiger partial charge >= 0.3 is 5.97 Å². The average molecular weight is 241 g/mol. The SMILES string of the molecule is CCc1ccc(CN(C)C(C)(C)C(=O)O)s1. The predicted octanol–water partition coefficient (Wildman–Crippen LogP) is 2.61. The highest BCUT2D eigenvalue weighted by atomic mass is 32.1. The maximum Gasteiger partial charge on any atom is 0.323 e. The third-order valence-corrected chi connectivity index (χ3v) is 4.15. The molecule has 0 bridgehead atoms. The molecule has 0 aliphatic carbocycles. The normalized spacial score (nSPS) is 12.1. The molecule has 16 heavy (non-hydrogen) atoms. The van der Waals surface area contributed by atoms with Gasteiger partial charge in [0.05, 0.1) is 0 Å². The monoisotopic (exact) mass is 241 g/mol. The first-order valence-electron chi connectivity index (χ1n) is 5.40. The molecule has 1 heterocycles. The van der Waals surface area contributed by atoms with Crippen molar-refractivity contribution in [2.45, 2.75) is 39.3 Å². The van der Waals surface area contributed by atoms with Crippen LogP contribution in [0.15, 0.2) is 12.1 Å². The van der Waals surface area contributed by atoms with Crippen molar-refractivity contribution < 1.29 is 9.90 Å². The number of aryl methyl sites for hydroxylation is 1. The molecule has 0 atom stereocenters. The average Bonchev–Trinajstić information content (AvgIpc) is 2.65. The van der Waals surface area contributed by atoms with Gasteiger partial charge in [-0.1, -0.05) is 6.92 Å². The zero-order valence-corrected chi connectivity index (χ0v) is 11.1. The van der Waals surface area contributed by atoms with Gasteiger partial charge in [0.25, 0.3) is 0 Å². The zero-order chi connectivity index (χ0) is 12.3. The van der Waals surface area contributed by atoms with E-state index in [4.69, 9.17) is 5.11 Å². The van der Waals surface area contributed by atoms with E-state index in [-0.39, 0.29) is 0 Å². The van der Waals surface area contributed by atoms with E-state index in [2.05, 4.69) is 19.1 Å². The molecule has 0 unspecified atom stereocenters. The molecule has 0 radical (unpaired) electrons. The van der Waals surface area contributed by atoms with Crippen LogP contribution in [-0.2, 0) is 17.8 Å². The van der Waals surface area contributed by atoms with E-state index < -0.39 is 11.5 Å². The number of thiophene rings is 1. The summed E-state index contributed by atoms with van der Waals surface area (Å²) in [5.74, 6) is -0.790. The van der Waals surface area contributed by atoms with Gasteiger partial charge in [0.15, 0.2) is 0 Å².